The maximum absolute atomic E-state index is 13.0. The molecule has 2 aromatic carbocycles. The summed E-state index contributed by atoms with van der Waals surface area (Å²) >= 11 is 1.42. The Morgan fingerprint density at radius 3 is 2.55 bits per heavy atom. The maximum Gasteiger partial charge on any atom is 0.233 e. The van der Waals surface area contributed by atoms with E-state index in [1.807, 2.05) is 25.1 Å². The number of benzene rings is 2. The molecule has 1 amide bonds. The maximum atomic E-state index is 13.0. The van der Waals surface area contributed by atoms with E-state index in [9.17, 15) is 9.18 Å². The van der Waals surface area contributed by atoms with Gasteiger partial charge in [-0.05, 0) is 43.0 Å². The average Bonchev–Trinajstić information content (AvgIpc) is 3.51. The van der Waals surface area contributed by atoms with E-state index in [0.717, 1.165) is 29.4 Å². The van der Waals surface area contributed by atoms with Crippen LogP contribution in [0.2, 0.25) is 0 Å². The molecule has 0 aliphatic heterocycles. The number of hydrogen-bond acceptors (Lipinski definition) is 4. The van der Waals surface area contributed by atoms with Crippen LogP contribution in [0.5, 0.6) is 0 Å². The van der Waals surface area contributed by atoms with Crippen molar-refractivity contribution in [3.63, 3.8) is 0 Å². The fraction of sp³-hybridized carbons (Fsp3) is 0.318. The van der Waals surface area contributed by atoms with Crippen LogP contribution in [0.4, 0.5) is 4.39 Å². The van der Waals surface area contributed by atoms with Gasteiger partial charge in [-0.25, -0.2) is 4.39 Å². The van der Waals surface area contributed by atoms with Gasteiger partial charge in [0, 0.05) is 12.5 Å². The van der Waals surface area contributed by atoms with Gasteiger partial charge in [-0.2, -0.15) is 0 Å². The largest absolute Gasteiger partial charge is 0.351 e. The molecule has 4 rings (SSSR count). The fourth-order valence-corrected chi connectivity index (χ4v) is 3.97. The molecule has 1 fully saturated rings. The summed E-state index contributed by atoms with van der Waals surface area (Å²) in [4.78, 5) is 12.5. The highest BCUT2D eigenvalue weighted by molar-refractivity contribution is 8.00. The van der Waals surface area contributed by atoms with E-state index in [4.69, 9.17) is 0 Å². The van der Waals surface area contributed by atoms with E-state index in [1.54, 1.807) is 12.1 Å². The van der Waals surface area contributed by atoms with Crippen LogP contribution in [0.1, 0.15) is 42.6 Å². The quantitative estimate of drug-likeness (QED) is 0.567. The Morgan fingerprint density at radius 1 is 1.14 bits per heavy atom. The second kappa shape index (κ2) is 8.78. The Morgan fingerprint density at radius 2 is 1.86 bits per heavy atom. The number of rotatable bonds is 8. The number of halogens is 1. The first-order valence-electron chi connectivity index (χ1n) is 9.76. The van der Waals surface area contributed by atoms with Crippen molar-refractivity contribution in [3.8, 4) is 0 Å². The summed E-state index contributed by atoms with van der Waals surface area (Å²) in [6.07, 6.45) is 2.29. The smallest absolute Gasteiger partial charge is 0.233 e. The van der Waals surface area contributed by atoms with Crippen LogP contribution < -0.4 is 5.32 Å². The van der Waals surface area contributed by atoms with Crippen molar-refractivity contribution in [2.75, 3.05) is 0 Å². The van der Waals surface area contributed by atoms with E-state index in [2.05, 4.69) is 32.2 Å². The van der Waals surface area contributed by atoms with Gasteiger partial charge in [0.15, 0.2) is 5.16 Å². The third-order valence-electron chi connectivity index (χ3n) is 4.90. The molecule has 1 N–H and O–H groups in total. The molecular formula is C22H23FN4OS. The standard InChI is InChI=1S/C22H23FN4OS/c1-15(21(28)24-13-16-7-11-19(23)12-8-16)29-22-26-25-20(18-9-10-18)27(22)14-17-5-3-2-4-6-17/h2-8,11-12,15,18H,9-10,13-14H2,1H3,(H,24,28)/t15-/m1/s1. The minimum Gasteiger partial charge on any atom is -0.351 e. The monoisotopic (exact) mass is 410 g/mol. The SMILES string of the molecule is C[C@@H](Sc1nnc(C2CC2)n1Cc1ccccc1)C(=O)NCc1ccc(F)cc1. The molecule has 0 radical (unpaired) electrons. The lowest BCUT2D eigenvalue weighted by Gasteiger charge is -2.14. The summed E-state index contributed by atoms with van der Waals surface area (Å²) in [5.41, 5.74) is 2.05. The molecule has 1 saturated carbocycles. The van der Waals surface area contributed by atoms with Crippen LogP contribution in [-0.2, 0) is 17.9 Å². The minimum absolute atomic E-state index is 0.0819. The summed E-state index contributed by atoms with van der Waals surface area (Å²) in [6.45, 7) is 2.93. The second-order valence-corrected chi connectivity index (χ2v) is 8.60. The molecule has 5 nitrogen and oxygen atoms in total. The van der Waals surface area contributed by atoms with E-state index in [-0.39, 0.29) is 17.0 Å². The molecule has 1 atom stereocenters. The highest BCUT2D eigenvalue weighted by Crippen LogP contribution is 2.40. The van der Waals surface area contributed by atoms with Gasteiger partial charge in [0.2, 0.25) is 5.91 Å². The molecule has 0 unspecified atom stereocenters. The Labute approximate surface area is 173 Å². The second-order valence-electron chi connectivity index (χ2n) is 7.29. The molecule has 29 heavy (non-hydrogen) atoms. The van der Waals surface area contributed by atoms with Gasteiger partial charge >= 0.3 is 0 Å². The number of nitrogens with one attached hydrogen (secondary N) is 1. The highest BCUT2D eigenvalue weighted by Gasteiger charge is 2.31. The first-order chi connectivity index (χ1) is 14.1. The van der Waals surface area contributed by atoms with Gasteiger partial charge in [-0.1, -0.05) is 54.2 Å². The van der Waals surface area contributed by atoms with Gasteiger partial charge < -0.3 is 9.88 Å². The van der Waals surface area contributed by atoms with Crippen molar-refractivity contribution in [1.29, 1.82) is 0 Å². The topological polar surface area (TPSA) is 59.8 Å². The minimum atomic E-state index is -0.318. The van der Waals surface area contributed by atoms with Crippen LogP contribution in [0, 0.1) is 5.82 Å². The number of nitrogens with zero attached hydrogens (tertiary/aromatic N) is 3. The summed E-state index contributed by atoms with van der Waals surface area (Å²) in [7, 11) is 0. The van der Waals surface area contributed by atoms with Gasteiger partial charge in [-0.15, -0.1) is 10.2 Å². The van der Waals surface area contributed by atoms with E-state index in [1.165, 1.54) is 29.5 Å². The predicted molar refractivity (Wildman–Crippen MR) is 111 cm³/mol. The molecule has 0 spiro atoms. The molecule has 1 heterocycles. The Balaban J connectivity index is 1.42. The van der Waals surface area contributed by atoms with Crippen molar-refractivity contribution in [3.05, 3.63) is 77.4 Å². The number of hydrogen-bond donors (Lipinski definition) is 1. The lowest BCUT2D eigenvalue weighted by molar-refractivity contribution is -0.120. The Kier molecular flexibility index (Phi) is 5.94. The zero-order valence-corrected chi connectivity index (χ0v) is 17.0. The van der Waals surface area contributed by atoms with Crippen molar-refractivity contribution in [2.45, 2.75) is 49.2 Å². The molecule has 1 aliphatic rings. The van der Waals surface area contributed by atoms with Crippen LogP contribution in [0.3, 0.4) is 0 Å². The van der Waals surface area contributed by atoms with Crippen molar-refractivity contribution in [1.82, 2.24) is 20.1 Å². The summed E-state index contributed by atoms with van der Waals surface area (Å²) in [5, 5.41) is 12.1. The molecule has 7 heteroatoms. The predicted octanol–water partition coefficient (Wildman–Crippen LogP) is 4.14. The number of thioether (sulfide) groups is 1. The van der Waals surface area contributed by atoms with Crippen LogP contribution in [0.15, 0.2) is 59.8 Å². The molecule has 1 aromatic heterocycles. The number of aromatic nitrogens is 3. The summed E-state index contributed by atoms with van der Waals surface area (Å²) in [6, 6.07) is 16.4. The molecule has 3 aromatic rings. The first kappa shape index (κ1) is 19.6. The lowest BCUT2D eigenvalue weighted by atomic mass is 10.2. The molecule has 0 saturated heterocycles. The van der Waals surface area contributed by atoms with E-state index in [0.29, 0.717) is 19.0 Å². The third-order valence-corrected chi connectivity index (χ3v) is 5.98. The van der Waals surface area contributed by atoms with Crippen LogP contribution >= 0.6 is 11.8 Å². The Hall–Kier alpha value is -2.67. The van der Waals surface area contributed by atoms with Crippen molar-refractivity contribution >= 4 is 17.7 Å². The number of carbonyl (C=O) groups excluding carboxylic acids is 1. The molecular weight excluding hydrogens is 387 g/mol. The average molecular weight is 411 g/mol. The zero-order chi connectivity index (χ0) is 20.2. The first-order valence-corrected chi connectivity index (χ1v) is 10.6. The lowest BCUT2D eigenvalue weighted by Crippen LogP contribution is -2.30. The number of amides is 1. The van der Waals surface area contributed by atoms with E-state index < -0.39 is 0 Å². The third kappa shape index (κ3) is 5.03. The van der Waals surface area contributed by atoms with Gasteiger partial charge in [0.05, 0.1) is 11.8 Å². The summed E-state index contributed by atoms with van der Waals surface area (Å²) in [5.74, 6) is 1.12. The molecule has 1 aliphatic carbocycles. The van der Waals surface area contributed by atoms with Crippen molar-refractivity contribution < 1.29 is 9.18 Å². The Bertz CT molecular complexity index is 970. The van der Waals surface area contributed by atoms with Crippen LogP contribution in [0.25, 0.3) is 0 Å². The van der Waals surface area contributed by atoms with Gasteiger partial charge in [0.25, 0.3) is 0 Å². The fourth-order valence-electron chi connectivity index (χ4n) is 3.09. The van der Waals surface area contributed by atoms with Gasteiger partial charge in [0.1, 0.15) is 11.6 Å². The molecule has 0 bridgehead atoms. The van der Waals surface area contributed by atoms with Crippen LogP contribution in [-0.4, -0.2) is 25.9 Å². The zero-order valence-electron chi connectivity index (χ0n) is 16.2. The van der Waals surface area contributed by atoms with Gasteiger partial charge in [-0.3, -0.25) is 4.79 Å². The van der Waals surface area contributed by atoms with E-state index >= 15 is 0 Å². The normalized spacial score (nSPS) is 14.6. The summed E-state index contributed by atoms with van der Waals surface area (Å²) < 4.78 is 15.1. The van der Waals surface area contributed by atoms with Crippen molar-refractivity contribution in [2.24, 2.45) is 0 Å². The highest BCUT2D eigenvalue weighted by atomic mass is 32.2. The number of carbonyl (C=O) groups is 1. The molecule has 150 valence electrons.